The molecule has 12 heavy (non-hydrogen) atoms. The van der Waals surface area contributed by atoms with Crippen molar-refractivity contribution in [2.75, 3.05) is 14.1 Å². The largest absolute Gasteiger partial charge is 0.243 e. The Hall–Kier alpha value is 0.0900. The zero-order chi connectivity index (χ0) is 9.35. The zero-order valence-electron chi connectivity index (χ0n) is 6.61. The molecule has 0 amide bonds. The van der Waals surface area contributed by atoms with Crippen molar-refractivity contribution in [2.45, 2.75) is 4.90 Å². The molecule has 0 unspecified atom stereocenters. The fourth-order valence-corrected chi connectivity index (χ4v) is 3.20. The van der Waals surface area contributed by atoms with Crippen LogP contribution < -0.4 is 0 Å². The van der Waals surface area contributed by atoms with E-state index in [2.05, 4.69) is 15.9 Å². The fourth-order valence-electron chi connectivity index (χ4n) is 0.640. The second-order valence-corrected chi connectivity index (χ2v) is 6.82. The summed E-state index contributed by atoms with van der Waals surface area (Å²) in [4.78, 5) is 0.337. The lowest BCUT2D eigenvalue weighted by Crippen LogP contribution is -2.21. The number of nitrogens with zero attached hydrogens (tertiary/aromatic N) is 1. The molecule has 3 nitrogen and oxygen atoms in total. The van der Waals surface area contributed by atoms with Crippen LogP contribution in [0.2, 0.25) is 0 Å². The molecule has 0 saturated heterocycles. The summed E-state index contributed by atoms with van der Waals surface area (Å²) < 4.78 is 24.9. The standard InChI is InChI=1S/C6H8BrNO2S2/c1-8(2)12(9,10)5-3-6(7)11-4-5/h3-4H,1-2H3. The maximum Gasteiger partial charge on any atom is 0.243 e. The van der Waals surface area contributed by atoms with Crippen molar-refractivity contribution >= 4 is 37.3 Å². The molecule has 0 radical (unpaired) electrons. The van der Waals surface area contributed by atoms with Crippen LogP contribution in [0.1, 0.15) is 0 Å². The molecule has 0 saturated carbocycles. The molecular formula is C6H8BrNO2S2. The number of rotatable bonds is 2. The first-order valence-corrected chi connectivity index (χ1v) is 6.22. The number of hydrogen-bond donors (Lipinski definition) is 0. The first-order chi connectivity index (χ1) is 5.44. The van der Waals surface area contributed by atoms with Crippen LogP contribution in [-0.2, 0) is 10.0 Å². The van der Waals surface area contributed by atoms with E-state index in [1.807, 2.05) is 0 Å². The summed E-state index contributed by atoms with van der Waals surface area (Å²) in [7, 11) is -0.213. The summed E-state index contributed by atoms with van der Waals surface area (Å²) in [5.41, 5.74) is 0. The highest BCUT2D eigenvalue weighted by Crippen LogP contribution is 2.25. The Kier molecular flexibility index (Phi) is 2.92. The van der Waals surface area contributed by atoms with Gasteiger partial charge in [-0.1, -0.05) is 0 Å². The Morgan fingerprint density at radius 2 is 2.08 bits per heavy atom. The molecular weight excluding hydrogens is 262 g/mol. The molecule has 0 N–H and O–H groups in total. The van der Waals surface area contributed by atoms with Crippen molar-refractivity contribution in [1.82, 2.24) is 4.31 Å². The fraction of sp³-hybridized carbons (Fsp3) is 0.333. The number of hydrogen-bond acceptors (Lipinski definition) is 3. The van der Waals surface area contributed by atoms with Crippen molar-refractivity contribution in [3.63, 3.8) is 0 Å². The van der Waals surface area contributed by atoms with E-state index < -0.39 is 10.0 Å². The molecule has 6 heteroatoms. The van der Waals surface area contributed by atoms with Gasteiger partial charge in [-0.15, -0.1) is 11.3 Å². The summed E-state index contributed by atoms with van der Waals surface area (Å²) in [6.45, 7) is 0. The Labute approximate surface area is 84.2 Å². The molecule has 0 aliphatic rings. The molecule has 0 atom stereocenters. The summed E-state index contributed by atoms with van der Waals surface area (Å²) >= 11 is 4.57. The van der Waals surface area contributed by atoms with Gasteiger partial charge in [0.25, 0.3) is 0 Å². The molecule has 68 valence electrons. The Bertz CT molecular complexity index is 369. The minimum Gasteiger partial charge on any atom is -0.207 e. The molecule has 1 aromatic heterocycles. The van der Waals surface area contributed by atoms with Gasteiger partial charge in [0, 0.05) is 19.5 Å². The topological polar surface area (TPSA) is 37.4 Å². The normalized spacial score (nSPS) is 12.3. The maximum absolute atomic E-state index is 11.5. The van der Waals surface area contributed by atoms with Crippen LogP contribution in [0.3, 0.4) is 0 Å². The van der Waals surface area contributed by atoms with E-state index in [0.29, 0.717) is 4.90 Å². The minimum atomic E-state index is -3.24. The van der Waals surface area contributed by atoms with Gasteiger partial charge in [-0.3, -0.25) is 0 Å². The van der Waals surface area contributed by atoms with E-state index in [1.165, 1.54) is 29.7 Å². The van der Waals surface area contributed by atoms with Crippen LogP contribution in [0.5, 0.6) is 0 Å². The molecule has 0 fully saturated rings. The van der Waals surface area contributed by atoms with Crippen molar-refractivity contribution in [3.05, 3.63) is 15.2 Å². The highest BCUT2D eigenvalue weighted by atomic mass is 79.9. The smallest absolute Gasteiger partial charge is 0.207 e. The van der Waals surface area contributed by atoms with Gasteiger partial charge in [0.15, 0.2) is 0 Å². The molecule has 1 aromatic rings. The van der Waals surface area contributed by atoms with Crippen LogP contribution >= 0.6 is 27.3 Å². The first-order valence-electron chi connectivity index (χ1n) is 3.11. The SMILES string of the molecule is CN(C)S(=O)(=O)c1csc(Br)c1. The summed E-state index contributed by atoms with van der Waals surface area (Å²) in [5, 5.41) is 1.61. The first kappa shape index (κ1) is 10.2. The maximum atomic E-state index is 11.5. The summed E-state index contributed by atoms with van der Waals surface area (Å²) in [6.07, 6.45) is 0. The predicted molar refractivity (Wildman–Crippen MR) is 52.9 cm³/mol. The zero-order valence-corrected chi connectivity index (χ0v) is 9.83. The molecule has 0 bridgehead atoms. The molecule has 1 heterocycles. The molecule has 0 aliphatic carbocycles. The van der Waals surface area contributed by atoms with E-state index in [1.54, 1.807) is 11.4 Å². The summed E-state index contributed by atoms with van der Waals surface area (Å²) in [5.74, 6) is 0. The van der Waals surface area contributed by atoms with E-state index in [9.17, 15) is 8.42 Å². The van der Waals surface area contributed by atoms with E-state index in [0.717, 1.165) is 3.79 Å². The van der Waals surface area contributed by atoms with Crippen molar-refractivity contribution in [1.29, 1.82) is 0 Å². The molecule has 0 aliphatic heterocycles. The summed E-state index contributed by atoms with van der Waals surface area (Å²) in [6, 6.07) is 1.60. The van der Waals surface area contributed by atoms with Gasteiger partial charge < -0.3 is 0 Å². The lowest BCUT2D eigenvalue weighted by Gasteiger charge is -2.08. The Balaban J connectivity index is 3.15. The van der Waals surface area contributed by atoms with Gasteiger partial charge in [-0.05, 0) is 22.0 Å². The van der Waals surface area contributed by atoms with Gasteiger partial charge in [-0.25, -0.2) is 12.7 Å². The van der Waals surface area contributed by atoms with Crippen molar-refractivity contribution < 1.29 is 8.42 Å². The highest BCUT2D eigenvalue weighted by Gasteiger charge is 2.17. The third-order valence-electron chi connectivity index (χ3n) is 1.32. The van der Waals surface area contributed by atoms with Gasteiger partial charge in [0.1, 0.15) is 0 Å². The van der Waals surface area contributed by atoms with Gasteiger partial charge in [0.2, 0.25) is 10.0 Å². The molecule has 1 rings (SSSR count). The van der Waals surface area contributed by atoms with E-state index in [4.69, 9.17) is 0 Å². The Morgan fingerprint density at radius 3 is 2.42 bits per heavy atom. The van der Waals surface area contributed by atoms with Crippen LogP contribution in [0.25, 0.3) is 0 Å². The monoisotopic (exact) mass is 269 g/mol. The third kappa shape index (κ3) is 1.87. The van der Waals surface area contributed by atoms with Gasteiger partial charge in [-0.2, -0.15) is 0 Å². The van der Waals surface area contributed by atoms with Gasteiger partial charge >= 0.3 is 0 Å². The van der Waals surface area contributed by atoms with Crippen molar-refractivity contribution in [3.8, 4) is 0 Å². The van der Waals surface area contributed by atoms with Crippen LogP contribution in [-0.4, -0.2) is 26.8 Å². The van der Waals surface area contributed by atoms with Crippen LogP contribution in [0.15, 0.2) is 20.1 Å². The average Bonchev–Trinajstić information content (AvgIpc) is 2.35. The minimum absolute atomic E-state index is 0.337. The third-order valence-corrected chi connectivity index (χ3v) is 4.77. The number of thiophene rings is 1. The Morgan fingerprint density at radius 1 is 1.50 bits per heavy atom. The van der Waals surface area contributed by atoms with E-state index in [-0.39, 0.29) is 0 Å². The number of halogens is 1. The van der Waals surface area contributed by atoms with Gasteiger partial charge in [0.05, 0.1) is 8.68 Å². The lowest BCUT2D eigenvalue weighted by molar-refractivity contribution is 0.521. The van der Waals surface area contributed by atoms with E-state index >= 15 is 0 Å². The van der Waals surface area contributed by atoms with Crippen LogP contribution in [0, 0.1) is 0 Å². The second kappa shape index (κ2) is 3.45. The number of sulfonamides is 1. The average molecular weight is 270 g/mol. The predicted octanol–water partition coefficient (Wildman–Crippen LogP) is 1.76. The highest BCUT2D eigenvalue weighted by molar-refractivity contribution is 9.11. The lowest BCUT2D eigenvalue weighted by atomic mass is 10.7. The second-order valence-electron chi connectivity index (χ2n) is 2.37. The molecule has 0 spiro atoms. The van der Waals surface area contributed by atoms with Crippen LogP contribution in [0.4, 0.5) is 0 Å². The van der Waals surface area contributed by atoms with Crippen molar-refractivity contribution in [2.24, 2.45) is 0 Å². The molecule has 0 aromatic carbocycles. The quantitative estimate of drug-likeness (QED) is 0.821.